The van der Waals surface area contributed by atoms with Crippen LogP contribution in [0.2, 0.25) is 0 Å². The normalized spacial score (nSPS) is 10.8. The first-order valence-corrected chi connectivity index (χ1v) is 8.76. The third kappa shape index (κ3) is 4.05. The molecule has 6 heteroatoms. The maximum absolute atomic E-state index is 13.9. The summed E-state index contributed by atoms with van der Waals surface area (Å²) < 4.78 is 24.4. The van der Waals surface area contributed by atoms with E-state index in [-0.39, 0.29) is 18.1 Å². The number of para-hydroxylation sites is 1. The number of benzene rings is 2. The number of rotatable bonds is 7. The lowest BCUT2D eigenvalue weighted by Gasteiger charge is -2.10. The van der Waals surface area contributed by atoms with Crippen molar-refractivity contribution in [2.45, 2.75) is 19.8 Å². The summed E-state index contributed by atoms with van der Waals surface area (Å²) in [5.74, 6) is 0.935. The Morgan fingerprint density at radius 2 is 1.93 bits per heavy atom. The average Bonchev–Trinajstić information content (AvgIpc) is 2.98. The van der Waals surface area contributed by atoms with Gasteiger partial charge in [-0.25, -0.2) is 4.39 Å². The number of aryl methyl sites for hydroxylation is 1. The van der Waals surface area contributed by atoms with Crippen molar-refractivity contribution < 1.29 is 18.7 Å². The van der Waals surface area contributed by atoms with Crippen LogP contribution >= 0.6 is 0 Å². The molecule has 3 rings (SSSR count). The predicted octanol–water partition coefficient (Wildman–Crippen LogP) is 3.53. The Bertz CT molecular complexity index is 965. The summed E-state index contributed by atoms with van der Waals surface area (Å²) in [5, 5.41) is 3.68. The van der Waals surface area contributed by atoms with Crippen molar-refractivity contribution in [3.05, 3.63) is 59.0 Å². The van der Waals surface area contributed by atoms with Gasteiger partial charge in [-0.15, -0.1) is 0 Å². The van der Waals surface area contributed by atoms with Crippen molar-refractivity contribution in [2.75, 3.05) is 20.8 Å². The van der Waals surface area contributed by atoms with Crippen LogP contribution in [0.1, 0.15) is 16.8 Å². The molecule has 2 aromatic carbocycles. The van der Waals surface area contributed by atoms with Gasteiger partial charge in [-0.3, -0.25) is 4.79 Å². The van der Waals surface area contributed by atoms with E-state index in [0.717, 1.165) is 22.2 Å². The minimum absolute atomic E-state index is 0.0938. The zero-order chi connectivity index (χ0) is 19.4. The number of hydrogen-bond donors (Lipinski definition) is 2. The van der Waals surface area contributed by atoms with Crippen LogP contribution in [0.15, 0.2) is 36.4 Å². The number of aromatic amines is 1. The van der Waals surface area contributed by atoms with Gasteiger partial charge in [0.15, 0.2) is 11.5 Å². The summed E-state index contributed by atoms with van der Waals surface area (Å²) in [6, 6.07) is 10.6. The number of halogens is 1. The minimum Gasteiger partial charge on any atom is -0.493 e. The van der Waals surface area contributed by atoms with Gasteiger partial charge in [0, 0.05) is 17.6 Å². The molecule has 1 amide bonds. The Kier molecular flexibility index (Phi) is 5.64. The molecule has 0 aliphatic rings. The van der Waals surface area contributed by atoms with Crippen molar-refractivity contribution in [3.8, 4) is 11.5 Å². The number of fused-ring (bicyclic) bond motifs is 1. The number of carbonyl (C=O) groups excluding carboxylic acids is 1. The zero-order valence-corrected chi connectivity index (χ0v) is 15.7. The fraction of sp³-hybridized carbons (Fsp3) is 0.286. The molecule has 0 spiro atoms. The maximum Gasteiger partial charge on any atom is 0.224 e. The minimum atomic E-state index is -0.310. The second-order valence-electron chi connectivity index (χ2n) is 6.36. The predicted molar refractivity (Wildman–Crippen MR) is 103 cm³/mol. The lowest BCUT2D eigenvalue weighted by Crippen LogP contribution is -2.27. The first-order valence-electron chi connectivity index (χ1n) is 8.76. The number of methoxy groups -OCH3 is 2. The highest BCUT2D eigenvalue weighted by Crippen LogP contribution is 2.27. The van der Waals surface area contributed by atoms with Gasteiger partial charge in [-0.2, -0.15) is 0 Å². The number of ether oxygens (including phenoxy) is 2. The van der Waals surface area contributed by atoms with Gasteiger partial charge >= 0.3 is 0 Å². The first kappa shape index (κ1) is 18.8. The highest BCUT2D eigenvalue weighted by atomic mass is 19.1. The van der Waals surface area contributed by atoms with Gasteiger partial charge in [0.25, 0.3) is 0 Å². The molecule has 3 aromatic rings. The summed E-state index contributed by atoms with van der Waals surface area (Å²) in [6.45, 7) is 2.36. The van der Waals surface area contributed by atoms with Gasteiger partial charge < -0.3 is 19.8 Å². The second-order valence-corrected chi connectivity index (χ2v) is 6.36. The van der Waals surface area contributed by atoms with E-state index < -0.39 is 0 Å². The van der Waals surface area contributed by atoms with Crippen LogP contribution in [0.5, 0.6) is 11.5 Å². The molecular weight excluding hydrogens is 347 g/mol. The fourth-order valence-electron chi connectivity index (χ4n) is 3.20. The van der Waals surface area contributed by atoms with Crippen LogP contribution in [0.3, 0.4) is 0 Å². The van der Waals surface area contributed by atoms with Crippen LogP contribution in [-0.4, -0.2) is 31.7 Å². The Morgan fingerprint density at radius 1 is 1.15 bits per heavy atom. The second kappa shape index (κ2) is 8.12. The van der Waals surface area contributed by atoms with E-state index >= 15 is 0 Å². The van der Waals surface area contributed by atoms with Crippen molar-refractivity contribution in [2.24, 2.45) is 0 Å². The average molecular weight is 370 g/mol. The number of H-pyrrole nitrogens is 1. The summed E-state index contributed by atoms with van der Waals surface area (Å²) in [7, 11) is 3.19. The largest absolute Gasteiger partial charge is 0.493 e. The van der Waals surface area contributed by atoms with Gasteiger partial charge in [0.05, 0.1) is 26.2 Å². The fourth-order valence-corrected chi connectivity index (χ4v) is 3.20. The van der Waals surface area contributed by atoms with Gasteiger partial charge in [0.1, 0.15) is 5.82 Å². The van der Waals surface area contributed by atoms with Gasteiger partial charge in [-0.1, -0.05) is 18.2 Å². The topological polar surface area (TPSA) is 63.3 Å². The molecule has 0 aliphatic heterocycles. The summed E-state index contributed by atoms with van der Waals surface area (Å²) >= 11 is 0. The van der Waals surface area contributed by atoms with Crippen molar-refractivity contribution >= 4 is 16.8 Å². The number of amides is 1. The van der Waals surface area contributed by atoms with E-state index in [9.17, 15) is 9.18 Å². The van der Waals surface area contributed by atoms with Crippen molar-refractivity contribution in [1.82, 2.24) is 10.3 Å². The number of hydrogen-bond acceptors (Lipinski definition) is 3. The number of nitrogens with one attached hydrogen (secondary N) is 2. The summed E-state index contributed by atoms with van der Waals surface area (Å²) in [5.41, 5.74) is 3.12. The zero-order valence-electron chi connectivity index (χ0n) is 15.7. The van der Waals surface area contributed by atoms with Crippen LogP contribution in [0.25, 0.3) is 10.9 Å². The lowest BCUT2D eigenvalue weighted by molar-refractivity contribution is -0.120. The Hall–Kier alpha value is -3.02. The molecule has 142 valence electrons. The molecule has 5 nitrogen and oxygen atoms in total. The standard InChI is InChI=1S/C21H23FN2O3/c1-13-16(15-5-4-6-17(22)21(15)24-13)12-20(25)23-10-9-14-7-8-18(26-2)19(11-14)27-3/h4-8,11,24H,9-10,12H2,1-3H3,(H,23,25). The van der Waals surface area contributed by atoms with E-state index in [0.29, 0.717) is 30.0 Å². The van der Waals surface area contributed by atoms with E-state index in [1.807, 2.05) is 31.2 Å². The highest BCUT2D eigenvalue weighted by molar-refractivity contribution is 5.90. The molecule has 0 unspecified atom stereocenters. The molecule has 0 fully saturated rings. The van der Waals surface area contributed by atoms with Crippen LogP contribution < -0.4 is 14.8 Å². The Balaban J connectivity index is 1.61. The molecule has 0 saturated carbocycles. The van der Waals surface area contributed by atoms with Crippen molar-refractivity contribution in [1.29, 1.82) is 0 Å². The molecular formula is C21H23FN2O3. The number of aromatic nitrogens is 1. The lowest BCUT2D eigenvalue weighted by atomic mass is 10.1. The molecule has 0 aliphatic carbocycles. The third-order valence-corrected chi connectivity index (χ3v) is 4.63. The maximum atomic E-state index is 13.9. The quantitative estimate of drug-likeness (QED) is 0.669. The molecule has 0 atom stereocenters. The molecule has 1 aromatic heterocycles. The molecule has 2 N–H and O–H groups in total. The molecule has 0 radical (unpaired) electrons. The summed E-state index contributed by atoms with van der Waals surface area (Å²) in [6.07, 6.45) is 0.884. The third-order valence-electron chi connectivity index (χ3n) is 4.63. The van der Waals surface area contributed by atoms with E-state index in [2.05, 4.69) is 10.3 Å². The SMILES string of the molecule is COc1ccc(CCNC(=O)Cc2c(C)[nH]c3c(F)cccc23)cc1OC. The van der Waals surface area contributed by atoms with E-state index in [4.69, 9.17) is 9.47 Å². The van der Waals surface area contributed by atoms with Gasteiger partial charge in [-0.05, 0) is 42.7 Å². The first-order chi connectivity index (χ1) is 13.0. The van der Waals surface area contributed by atoms with Crippen LogP contribution in [-0.2, 0) is 17.6 Å². The molecule has 0 saturated heterocycles. The van der Waals surface area contributed by atoms with Crippen LogP contribution in [0.4, 0.5) is 4.39 Å². The molecule has 1 heterocycles. The molecule has 0 bridgehead atoms. The highest BCUT2D eigenvalue weighted by Gasteiger charge is 2.14. The monoisotopic (exact) mass is 370 g/mol. The molecule has 27 heavy (non-hydrogen) atoms. The van der Waals surface area contributed by atoms with Crippen LogP contribution in [0, 0.1) is 12.7 Å². The van der Waals surface area contributed by atoms with E-state index in [1.165, 1.54) is 6.07 Å². The Morgan fingerprint density at radius 3 is 2.67 bits per heavy atom. The smallest absolute Gasteiger partial charge is 0.224 e. The number of carbonyl (C=O) groups is 1. The van der Waals surface area contributed by atoms with Gasteiger partial charge in [0.2, 0.25) is 5.91 Å². The van der Waals surface area contributed by atoms with E-state index in [1.54, 1.807) is 20.3 Å². The Labute approximate surface area is 157 Å². The summed E-state index contributed by atoms with van der Waals surface area (Å²) in [4.78, 5) is 15.4. The van der Waals surface area contributed by atoms with Crippen molar-refractivity contribution in [3.63, 3.8) is 0 Å².